The van der Waals surface area contributed by atoms with E-state index in [4.69, 9.17) is 23.7 Å². The second-order valence-corrected chi connectivity index (χ2v) is 4.42. The number of hydrogen-bond donors (Lipinski definition) is 0. The Morgan fingerprint density at radius 3 is 2.12 bits per heavy atom. The van der Waals surface area contributed by atoms with Gasteiger partial charge in [0.25, 0.3) is 0 Å². The van der Waals surface area contributed by atoms with Gasteiger partial charge >= 0.3 is 5.97 Å². The van der Waals surface area contributed by atoms with Crippen molar-refractivity contribution in [2.45, 2.75) is 6.92 Å². The largest absolute Gasteiger partial charge is 0.487 e. The van der Waals surface area contributed by atoms with Gasteiger partial charge in [-0.25, -0.2) is 9.59 Å². The highest BCUT2D eigenvalue weighted by Crippen LogP contribution is 2.35. The number of esters is 1. The molecule has 0 radical (unpaired) electrons. The summed E-state index contributed by atoms with van der Waals surface area (Å²) in [5.74, 6) is 0.0211. The zero-order chi connectivity index (χ0) is 17.8. The Bertz CT molecular complexity index is 582. The van der Waals surface area contributed by atoms with Crippen LogP contribution >= 0.6 is 0 Å². The Labute approximate surface area is 140 Å². The van der Waals surface area contributed by atoms with Crippen molar-refractivity contribution >= 4 is 17.7 Å². The predicted molar refractivity (Wildman–Crippen MR) is 84.9 cm³/mol. The van der Waals surface area contributed by atoms with E-state index in [0.717, 1.165) is 0 Å². The molecule has 0 aliphatic carbocycles. The van der Waals surface area contributed by atoms with E-state index < -0.39 is 5.97 Å². The maximum Gasteiger partial charge on any atom is 0.340 e. The monoisotopic (exact) mass is 339 g/mol. The van der Waals surface area contributed by atoms with E-state index in [2.05, 4.69) is 4.99 Å². The number of aliphatic imine (C=N–C) groups is 1. The SMILES string of the molecule is CCOC(=O)c1cc(OCCOC)c(OCCOC)cc1N=C=O. The highest BCUT2D eigenvalue weighted by molar-refractivity contribution is 5.96. The summed E-state index contributed by atoms with van der Waals surface area (Å²) in [4.78, 5) is 26.2. The lowest BCUT2D eigenvalue weighted by Gasteiger charge is -2.15. The quantitative estimate of drug-likeness (QED) is 0.263. The summed E-state index contributed by atoms with van der Waals surface area (Å²) in [6.45, 7) is 3.12. The third-order valence-corrected chi connectivity index (χ3v) is 2.81. The average Bonchev–Trinajstić information content (AvgIpc) is 2.57. The zero-order valence-electron chi connectivity index (χ0n) is 14.0. The van der Waals surface area contributed by atoms with Crippen molar-refractivity contribution < 1.29 is 33.3 Å². The van der Waals surface area contributed by atoms with Crippen molar-refractivity contribution in [2.24, 2.45) is 4.99 Å². The molecule has 0 spiro atoms. The van der Waals surface area contributed by atoms with Gasteiger partial charge in [-0.15, -0.1) is 0 Å². The standard InChI is InChI=1S/C16H21NO7/c1-4-22-16(19)12-9-14(23-7-5-20-2)15(24-8-6-21-3)10-13(12)17-11-18/h9-10H,4-8H2,1-3H3. The second kappa shape index (κ2) is 11.2. The van der Waals surface area contributed by atoms with Crippen LogP contribution in [0.4, 0.5) is 5.69 Å². The Morgan fingerprint density at radius 2 is 1.62 bits per heavy atom. The molecular formula is C16H21NO7. The van der Waals surface area contributed by atoms with Crippen molar-refractivity contribution in [1.29, 1.82) is 0 Å². The Hall–Kier alpha value is -2.41. The summed E-state index contributed by atoms with van der Waals surface area (Å²) < 4.78 is 26.0. The molecule has 0 aliphatic heterocycles. The van der Waals surface area contributed by atoms with Gasteiger partial charge in [-0.2, -0.15) is 4.99 Å². The predicted octanol–water partition coefficient (Wildman–Crippen LogP) is 1.88. The van der Waals surface area contributed by atoms with Crippen LogP contribution in [0.5, 0.6) is 11.5 Å². The lowest BCUT2D eigenvalue weighted by atomic mass is 10.1. The molecule has 0 amide bonds. The summed E-state index contributed by atoms with van der Waals surface area (Å²) in [6, 6.07) is 2.85. The molecule has 1 aromatic rings. The van der Waals surface area contributed by atoms with Crippen LogP contribution in [0.15, 0.2) is 17.1 Å². The minimum absolute atomic E-state index is 0.0895. The number of methoxy groups -OCH3 is 2. The molecule has 0 atom stereocenters. The van der Waals surface area contributed by atoms with Crippen molar-refractivity contribution in [2.75, 3.05) is 47.3 Å². The average molecular weight is 339 g/mol. The molecule has 1 rings (SSSR count). The van der Waals surface area contributed by atoms with Crippen molar-refractivity contribution in [3.63, 3.8) is 0 Å². The van der Waals surface area contributed by atoms with Crippen molar-refractivity contribution in [1.82, 2.24) is 0 Å². The molecule has 0 unspecified atom stereocenters. The molecule has 0 aliphatic rings. The number of benzene rings is 1. The molecule has 1 aromatic carbocycles. The van der Waals surface area contributed by atoms with Gasteiger partial charge < -0.3 is 23.7 Å². The van der Waals surface area contributed by atoms with E-state index in [1.54, 1.807) is 21.1 Å². The molecule has 0 heterocycles. The van der Waals surface area contributed by atoms with Crippen LogP contribution < -0.4 is 9.47 Å². The van der Waals surface area contributed by atoms with Crippen molar-refractivity contribution in [3.8, 4) is 11.5 Å². The normalized spacial score (nSPS) is 9.96. The van der Waals surface area contributed by atoms with Crippen LogP contribution in [0, 0.1) is 0 Å². The first-order chi connectivity index (χ1) is 11.7. The molecule has 0 fully saturated rings. The van der Waals surface area contributed by atoms with Gasteiger partial charge in [0.1, 0.15) is 13.2 Å². The van der Waals surface area contributed by atoms with Crippen LogP contribution in [0.3, 0.4) is 0 Å². The number of nitrogens with zero attached hydrogens (tertiary/aromatic N) is 1. The second-order valence-electron chi connectivity index (χ2n) is 4.42. The molecule has 132 valence electrons. The molecule has 8 nitrogen and oxygen atoms in total. The van der Waals surface area contributed by atoms with Gasteiger partial charge in [0, 0.05) is 26.4 Å². The fourth-order valence-electron chi connectivity index (χ4n) is 1.76. The number of hydrogen-bond acceptors (Lipinski definition) is 8. The van der Waals surface area contributed by atoms with Gasteiger partial charge in [0.15, 0.2) is 11.5 Å². The van der Waals surface area contributed by atoms with Gasteiger partial charge in [0.05, 0.1) is 31.1 Å². The Kier molecular flexibility index (Phi) is 9.14. The summed E-state index contributed by atoms with van der Waals surface area (Å²) in [6.07, 6.45) is 1.41. The minimum Gasteiger partial charge on any atom is -0.487 e. The maximum atomic E-state index is 12.0. The number of isocyanates is 1. The van der Waals surface area contributed by atoms with Crippen molar-refractivity contribution in [3.05, 3.63) is 17.7 Å². The van der Waals surface area contributed by atoms with Gasteiger partial charge in [0.2, 0.25) is 6.08 Å². The summed E-state index contributed by atoms with van der Waals surface area (Å²) >= 11 is 0. The summed E-state index contributed by atoms with van der Waals surface area (Å²) in [5, 5.41) is 0. The van der Waals surface area contributed by atoms with E-state index in [0.29, 0.717) is 24.7 Å². The fraction of sp³-hybridized carbons (Fsp3) is 0.500. The van der Waals surface area contributed by atoms with Crippen LogP contribution in [-0.4, -0.2) is 59.3 Å². The third-order valence-electron chi connectivity index (χ3n) is 2.81. The van der Waals surface area contributed by atoms with Crippen LogP contribution in [-0.2, 0) is 19.0 Å². The van der Waals surface area contributed by atoms with Gasteiger partial charge in [-0.3, -0.25) is 0 Å². The van der Waals surface area contributed by atoms with Gasteiger partial charge in [-0.05, 0) is 6.92 Å². The van der Waals surface area contributed by atoms with E-state index in [9.17, 15) is 9.59 Å². The first-order valence-corrected chi connectivity index (χ1v) is 7.34. The molecule has 0 saturated carbocycles. The maximum absolute atomic E-state index is 12.0. The first-order valence-electron chi connectivity index (χ1n) is 7.34. The van der Waals surface area contributed by atoms with Crippen LogP contribution in [0.1, 0.15) is 17.3 Å². The van der Waals surface area contributed by atoms with E-state index in [-0.39, 0.29) is 31.1 Å². The molecule has 0 saturated heterocycles. The van der Waals surface area contributed by atoms with Crippen LogP contribution in [0.2, 0.25) is 0 Å². The summed E-state index contributed by atoms with van der Waals surface area (Å²) in [7, 11) is 3.09. The number of carbonyl (C=O) groups is 1. The summed E-state index contributed by atoms with van der Waals surface area (Å²) in [5.41, 5.74) is 0.182. The molecule has 0 N–H and O–H groups in total. The Balaban J connectivity index is 3.19. The molecule has 24 heavy (non-hydrogen) atoms. The highest BCUT2D eigenvalue weighted by atomic mass is 16.6. The Morgan fingerprint density at radius 1 is 1.04 bits per heavy atom. The number of rotatable bonds is 11. The van der Waals surface area contributed by atoms with E-state index >= 15 is 0 Å². The van der Waals surface area contributed by atoms with E-state index in [1.165, 1.54) is 18.2 Å². The molecular weight excluding hydrogens is 318 g/mol. The molecule has 0 aromatic heterocycles. The van der Waals surface area contributed by atoms with Crippen LogP contribution in [0.25, 0.3) is 0 Å². The first kappa shape index (κ1) is 19.6. The fourth-order valence-corrected chi connectivity index (χ4v) is 1.76. The molecule has 8 heteroatoms. The third kappa shape index (κ3) is 6.00. The smallest absolute Gasteiger partial charge is 0.340 e. The number of ether oxygens (including phenoxy) is 5. The number of carbonyl (C=O) groups excluding carboxylic acids is 2. The lowest BCUT2D eigenvalue weighted by molar-refractivity contribution is 0.0526. The topological polar surface area (TPSA) is 92.7 Å². The lowest BCUT2D eigenvalue weighted by Crippen LogP contribution is -2.11. The van der Waals surface area contributed by atoms with E-state index in [1.807, 2.05) is 0 Å². The highest BCUT2D eigenvalue weighted by Gasteiger charge is 2.18. The molecule has 0 bridgehead atoms. The zero-order valence-corrected chi connectivity index (χ0v) is 14.0. The van der Waals surface area contributed by atoms with Gasteiger partial charge in [-0.1, -0.05) is 0 Å². The minimum atomic E-state index is -0.619.